The number of hydrogen-bond acceptors (Lipinski definition) is 3. The lowest BCUT2D eigenvalue weighted by atomic mass is 10.2. The van der Waals surface area contributed by atoms with Gasteiger partial charge in [-0.3, -0.25) is 4.21 Å². The molecule has 1 atom stereocenters. The van der Waals surface area contributed by atoms with Gasteiger partial charge in [0.1, 0.15) is 5.82 Å². The van der Waals surface area contributed by atoms with Gasteiger partial charge in [-0.15, -0.1) is 0 Å². The van der Waals surface area contributed by atoms with Crippen LogP contribution < -0.4 is 9.47 Å². The highest BCUT2D eigenvalue weighted by molar-refractivity contribution is 7.83. The van der Waals surface area contributed by atoms with Crippen molar-refractivity contribution in [2.24, 2.45) is 0 Å². The number of benzene rings is 2. The summed E-state index contributed by atoms with van der Waals surface area (Å²) in [5.41, 5.74) is 1.22. The van der Waals surface area contributed by atoms with Gasteiger partial charge in [-0.05, 0) is 23.8 Å². The summed E-state index contributed by atoms with van der Waals surface area (Å²) in [7, 11) is -1.23. The third kappa shape index (κ3) is 3.19. The van der Waals surface area contributed by atoms with Crippen LogP contribution in [0.25, 0.3) is 0 Å². The van der Waals surface area contributed by atoms with Crippen LogP contribution in [0.3, 0.4) is 0 Å². The molecule has 0 N–H and O–H groups in total. The van der Waals surface area contributed by atoms with Crippen LogP contribution in [0.2, 0.25) is 5.02 Å². The normalized spacial score (nSPS) is 14.2. The van der Waals surface area contributed by atoms with Gasteiger partial charge in [0.05, 0.1) is 10.8 Å². The zero-order valence-corrected chi connectivity index (χ0v) is 12.5. The van der Waals surface area contributed by atoms with Crippen LogP contribution in [0.1, 0.15) is 11.1 Å². The predicted molar refractivity (Wildman–Crippen MR) is 79.5 cm³/mol. The number of hydrogen-bond donors (Lipinski definition) is 0. The second kappa shape index (κ2) is 6.03. The minimum Gasteiger partial charge on any atom is -0.454 e. The molecule has 0 bridgehead atoms. The summed E-state index contributed by atoms with van der Waals surface area (Å²) in [5, 5.41) is 0.433. The van der Waals surface area contributed by atoms with Crippen LogP contribution in [-0.4, -0.2) is 11.0 Å². The van der Waals surface area contributed by atoms with Crippen molar-refractivity contribution in [1.82, 2.24) is 0 Å². The maximum Gasteiger partial charge on any atom is 0.231 e. The van der Waals surface area contributed by atoms with E-state index >= 15 is 0 Å². The second-order valence-electron chi connectivity index (χ2n) is 4.63. The van der Waals surface area contributed by atoms with E-state index in [0.29, 0.717) is 22.1 Å². The fraction of sp³-hybridized carbons (Fsp3) is 0.200. The van der Waals surface area contributed by atoms with Crippen molar-refractivity contribution in [2.75, 3.05) is 6.79 Å². The van der Waals surface area contributed by atoms with Crippen molar-refractivity contribution in [3.05, 3.63) is 58.4 Å². The van der Waals surface area contributed by atoms with E-state index in [0.717, 1.165) is 5.56 Å². The van der Waals surface area contributed by atoms with Crippen LogP contribution in [-0.2, 0) is 22.3 Å². The SMILES string of the molecule is O=S(Cc1cc(Cl)c2c(c1)OCO2)Cc1ccccc1F. The van der Waals surface area contributed by atoms with E-state index in [1.54, 1.807) is 30.3 Å². The summed E-state index contributed by atoms with van der Waals surface area (Å²) in [6, 6.07) is 9.80. The van der Waals surface area contributed by atoms with Gasteiger partial charge in [-0.1, -0.05) is 29.8 Å². The number of halogens is 2. The molecule has 6 heteroatoms. The van der Waals surface area contributed by atoms with E-state index in [4.69, 9.17) is 21.1 Å². The lowest BCUT2D eigenvalue weighted by molar-refractivity contribution is 0.174. The molecular formula is C15H12ClFO3S. The summed E-state index contributed by atoms with van der Waals surface area (Å²) >= 11 is 6.08. The van der Waals surface area contributed by atoms with Crippen LogP contribution >= 0.6 is 11.6 Å². The highest BCUT2D eigenvalue weighted by Crippen LogP contribution is 2.40. The molecule has 3 rings (SSSR count). The maximum absolute atomic E-state index is 13.5. The molecule has 110 valence electrons. The molecule has 1 unspecified atom stereocenters. The lowest BCUT2D eigenvalue weighted by Crippen LogP contribution is -2.01. The molecule has 0 amide bonds. The molecule has 21 heavy (non-hydrogen) atoms. The summed E-state index contributed by atoms with van der Waals surface area (Å²) in [6.45, 7) is 0.136. The van der Waals surface area contributed by atoms with Crippen LogP contribution in [0.5, 0.6) is 11.5 Å². The fourth-order valence-electron chi connectivity index (χ4n) is 2.13. The van der Waals surface area contributed by atoms with Gasteiger partial charge in [0.2, 0.25) is 6.79 Å². The van der Waals surface area contributed by atoms with Crippen molar-refractivity contribution in [2.45, 2.75) is 11.5 Å². The Morgan fingerprint density at radius 2 is 2.00 bits per heavy atom. The van der Waals surface area contributed by atoms with E-state index in [1.165, 1.54) is 6.07 Å². The molecule has 0 radical (unpaired) electrons. The molecule has 2 aromatic carbocycles. The minimum absolute atomic E-state index is 0.136. The zero-order valence-electron chi connectivity index (χ0n) is 11.0. The molecule has 1 aliphatic rings. The van der Waals surface area contributed by atoms with Crippen molar-refractivity contribution < 1.29 is 18.1 Å². The largest absolute Gasteiger partial charge is 0.454 e. The molecule has 1 heterocycles. The van der Waals surface area contributed by atoms with Crippen LogP contribution in [0.15, 0.2) is 36.4 Å². The average Bonchev–Trinajstić information content (AvgIpc) is 2.90. The molecule has 2 aromatic rings. The highest BCUT2D eigenvalue weighted by atomic mass is 35.5. The average molecular weight is 327 g/mol. The molecule has 0 saturated heterocycles. The molecular weight excluding hydrogens is 315 g/mol. The monoisotopic (exact) mass is 326 g/mol. The molecule has 1 aliphatic heterocycles. The molecule has 0 aliphatic carbocycles. The summed E-state index contributed by atoms with van der Waals surface area (Å²) in [5.74, 6) is 1.18. The standard InChI is InChI=1S/C15H12ClFO3S/c16-12-5-10(6-14-15(12)20-9-19-14)7-21(18)8-11-3-1-2-4-13(11)17/h1-6H,7-9H2. The molecule has 0 fully saturated rings. The van der Waals surface area contributed by atoms with Gasteiger partial charge in [-0.25, -0.2) is 4.39 Å². The number of ether oxygens (including phenoxy) is 2. The van der Waals surface area contributed by atoms with E-state index in [1.807, 2.05) is 0 Å². The minimum atomic E-state index is -1.23. The second-order valence-corrected chi connectivity index (χ2v) is 6.50. The van der Waals surface area contributed by atoms with Gasteiger partial charge >= 0.3 is 0 Å². The van der Waals surface area contributed by atoms with Gasteiger partial charge in [0, 0.05) is 22.1 Å². The fourth-order valence-corrected chi connectivity index (χ4v) is 3.64. The number of rotatable bonds is 4. The lowest BCUT2D eigenvalue weighted by Gasteiger charge is -2.06. The van der Waals surface area contributed by atoms with Gasteiger partial charge in [0.25, 0.3) is 0 Å². The highest BCUT2D eigenvalue weighted by Gasteiger charge is 2.19. The summed E-state index contributed by atoms with van der Waals surface area (Å²) < 4.78 is 36.2. The van der Waals surface area contributed by atoms with Gasteiger partial charge in [0.15, 0.2) is 11.5 Å². The Bertz CT molecular complexity index is 705. The summed E-state index contributed by atoms with van der Waals surface area (Å²) in [6.07, 6.45) is 0. The maximum atomic E-state index is 13.5. The molecule has 0 aromatic heterocycles. The molecule has 0 saturated carbocycles. The van der Waals surface area contributed by atoms with Crippen molar-refractivity contribution in [3.63, 3.8) is 0 Å². The van der Waals surface area contributed by atoms with E-state index < -0.39 is 10.8 Å². The third-order valence-corrected chi connectivity index (χ3v) is 4.66. The smallest absolute Gasteiger partial charge is 0.231 e. The Morgan fingerprint density at radius 1 is 1.19 bits per heavy atom. The topological polar surface area (TPSA) is 35.5 Å². The van der Waals surface area contributed by atoms with Gasteiger partial charge in [-0.2, -0.15) is 0 Å². The Kier molecular flexibility index (Phi) is 4.12. The van der Waals surface area contributed by atoms with Crippen LogP contribution in [0, 0.1) is 5.82 Å². The first kappa shape index (κ1) is 14.4. The van der Waals surface area contributed by atoms with Crippen molar-refractivity contribution >= 4 is 22.4 Å². The Balaban J connectivity index is 1.74. The first-order valence-electron chi connectivity index (χ1n) is 6.30. The molecule has 3 nitrogen and oxygen atoms in total. The predicted octanol–water partition coefficient (Wildman–Crippen LogP) is 3.66. The Hall–Kier alpha value is -1.59. The quantitative estimate of drug-likeness (QED) is 0.860. The first-order chi connectivity index (χ1) is 10.1. The van der Waals surface area contributed by atoms with Crippen LogP contribution in [0.4, 0.5) is 4.39 Å². The first-order valence-corrected chi connectivity index (χ1v) is 8.16. The summed E-state index contributed by atoms with van der Waals surface area (Å²) in [4.78, 5) is 0. The number of fused-ring (bicyclic) bond motifs is 1. The van der Waals surface area contributed by atoms with Gasteiger partial charge < -0.3 is 9.47 Å². The van der Waals surface area contributed by atoms with E-state index in [2.05, 4.69) is 0 Å². The molecule has 0 spiro atoms. The van der Waals surface area contributed by atoms with E-state index in [-0.39, 0.29) is 24.1 Å². The van der Waals surface area contributed by atoms with Crippen molar-refractivity contribution in [1.29, 1.82) is 0 Å². The zero-order chi connectivity index (χ0) is 14.8. The van der Waals surface area contributed by atoms with Crippen molar-refractivity contribution in [3.8, 4) is 11.5 Å². The Morgan fingerprint density at radius 3 is 2.81 bits per heavy atom. The Labute approximate surface area is 129 Å². The third-order valence-electron chi connectivity index (χ3n) is 3.09. The van der Waals surface area contributed by atoms with E-state index in [9.17, 15) is 8.60 Å².